The Morgan fingerprint density at radius 3 is 2.24 bits per heavy atom. The molecule has 0 aromatic heterocycles. The first kappa shape index (κ1) is 16.4. The van der Waals surface area contributed by atoms with Gasteiger partial charge in [0.25, 0.3) is 0 Å². The molecule has 0 aromatic carbocycles. The quantitative estimate of drug-likeness (QED) is 0.633. The first-order valence-corrected chi connectivity index (χ1v) is 6.85. The summed E-state index contributed by atoms with van der Waals surface area (Å²) in [6.45, 7) is 6.12. The van der Waals surface area contributed by atoms with Crippen molar-refractivity contribution in [1.29, 1.82) is 0 Å². The van der Waals surface area contributed by atoms with Gasteiger partial charge in [-0.15, -0.1) is 0 Å². The van der Waals surface area contributed by atoms with Crippen molar-refractivity contribution in [3.05, 3.63) is 0 Å². The van der Waals surface area contributed by atoms with Crippen molar-refractivity contribution in [2.24, 2.45) is 5.92 Å². The van der Waals surface area contributed by atoms with Crippen LogP contribution in [-0.4, -0.2) is 23.8 Å². The molecule has 1 N–H and O–H groups in total. The second-order valence-corrected chi connectivity index (χ2v) is 4.78. The molecule has 3 nitrogen and oxygen atoms in total. The van der Waals surface area contributed by atoms with Crippen LogP contribution in [0.3, 0.4) is 0 Å². The summed E-state index contributed by atoms with van der Waals surface area (Å²) in [5, 5.41) is 10.6. The van der Waals surface area contributed by atoms with E-state index in [2.05, 4.69) is 13.8 Å². The Kier molecular flexibility index (Phi) is 8.23. The molecule has 0 fully saturated rings. The number of rotatable bonds is 9. The van der Waals surface area contributed by atoms with Gasteiger partial charge in [0.1, 0.15) is 0 Å². The maximum Gasteiger partial charge on any atom is 0.311 e. The average molecular weight is 244 g/mol. The molecule has 0 aromatic rings. The first-order chi connectivity index (χ1) is 8.05. The van der Waals surface area contributed by atoms with Gasteiger partial charge in [0.15, 0.2) is 0 Å². The third-order valence-corrected chi connectivity index (χ3v) is 3.56. The summed E-state index contributed by atoms with van der Waals surface area (Å²) in [7, 11) is 1.40. The van der Waals surface area contributed by atoms with Gasteiger partial charge in [-0.2, -0.15) is 0 Å². The van der Waals surface area contributed by atoms with Crippen LogP contribution in [0.25, 0.3) is 0 Å². The number of methoxy groups -OCH3 is 1. The van der Waals surface area contributed by atoms with Crippen LogP contribution in [0.4, 0.5) is 0 Å². The molecule has 2 unspecified atom stereocenters. The van der Waals surface area contributed by atoms with Crippen LogP contribution in [0.1, 0.15) is 65.7 Å². The van der Waals surface area contributed by atoms with Gasteiger partial charge in [-0.05, 0) is 19.3 Å². The molecule has 0 bridgehead atoms. The SMILES string of the molecule is CCCCC(C(=O)OC)C(O)(CC)CCCC. The second-order valence-electron chi connectivity index (χ2n) is 4.78. The lowest BCUT2D eigenvalue weighted by Crippen LogP contribution is -2.42. The molecule has 0 amide bonds. The molecule has 0 rings (SSSR count). The van der Waals surface area contributed by atoms with Gasteiger partial charge in [0, 0.05) is 0 Å². The Hall–Kier alpha value is -0.570. The highest BCUT2D eigenvalue weighted by molar-refractivity contribution is 5.73. The van der Waals surface area contributed by atoms with Gasteiger partial charge in [-0.1, -0.05) is 46.5 Å². The van der Waals surface area contributed by atoms with Gasteiger partial charge < -0.3 is 9.84 Å². The Labute approximate surface area is 106 Å². The summed E-state index contributed by atoms with van der Waals surface area (Å²) < 4.78 is 4.84. The molecule has 2 atom stereocenters. The van der Waals surface area contributed by atoms with E-state index in [1.54, 1.807) is 0 Å². The number of unbranched alkanes of at least 4 members (excludes halogenated alkanes) is 2. The molecule has 0 saturated heterocycles. The maximum atomic E-state index is 11.8. The molecule has 102 valence electrons. The summed E-state index contributed by atoms with van der Waals surface area (Å²) in [6.07, 6.45) is 5.97. The molecule has 0 radical (unpaired) electrons. The second kappa shape index (κ2) is 8.51. The van der Waals surface area contributed by atoms with Crippen molar-refractivity contribution in [3.8, 4) is 0 Å². The summed E-state index contributed by atoms with van der Waals surface area (Å²) in [4.78, 5) is 11.8. The number of hydrogen-bond acceptors (Lipinski definition) is 3. The third kappa shape index (κ3) is 5.07. The molecule has 0 heterocycles. The Balaban J connectivity index is 4.74. The van der Waals surface area contributed by atoms with Crippen molar-refractivity contribution in [1.82, 2.24) is 0 Å². The standard InChI is InChI=1S/C14H28O3/c1-5-8-10-12(13(15)17-4)14(16,7-3)11-9-6-2/h12,16H,5-11H2,1-4H3. The zero-order chi connectivity index (χ0) is 13.3. The van der Waals surface area contributed by atoms with E-state index < -0.39 is 5.60 Å². The normalized spacial score (nSPS) is 16.3. The number of carbonyl (C=O) groups is 1. The lowest BCUT2D eigenvalue weighted by molar-refractivity contribution is -0.157. The number of carbonyl (C=O) groups excluding carboxylic acids is 1. The predicted molar refractivity (Wildman–Crippen MR) is 69.8 cm³/mol. The van der Waals surface area contributed by atoms with E-state index in [1.807, 2.05) is 6.92 Å². The number of aliphatic hydroxyl groups is 1. The number of ether oxygens (including phenoxy) is 1. The van der Waals surface area contributed by atoms with E-state index in [4.69, 9.17) is 4.74 Å². The number of hydrogen-bond donors (Lipinski definition) is 1. The third-order valence-electron chi connectivity index (χ3n) is 3.56. The first-order valence-electron chi connectivity index (χ1n) is 6.85. The van der Waals surface area contributed by atoms with E-state index in [0.717, 1.165) is 32.1 Å². The van der Waals surface area contributed by atoms with Crippen molar-refractivity contribution in [3.63, 3.8) is 0 Å². The van der Waals surface area contributed by atoms with Crippen molar-refractivity contribution in [2.75, 3.05) is 7.11 Å². The highest BCUT2D eigenvalue weighted by atomic mass is 16.5. The minimum Gasteiger partial charge on any atom is -0.469 e. The van der Waals surface area contributed by atoms with Crippen molar-refractivity contribution < 1.29 is 14.6 Å². The van der Waals surface area contributed by atoms with Gasteiger partial charge in [0.05, 0.1) is 18.6 Å². The Bertz CT molecular complexity index is 216. The van der Waals surface area contributed by atoms with Crippen LogP contribution < -0.4 is 0 Å². The fourth-order valence-electron chi connectivity index (χ4n) is 2.24. The predicted octanol–water partition coefficient (Wildman–Crippen LogP) is 3.30. The molecule has 17 heavy (non-hydrogen) atoms. The molecule has 0 aliphatic carbocycles. The summed E-state index contributed by atoms with van der Waals surface area (Å²) >= 11 is 0. The van der Waals surface area contributed by atoms with Crippen molar-refractivity contribution in [2.45, 2.75) is 71.3 Å². The van der Waals surface area contributed by atoms with Gasteiger partial charge in [-0.3, -0.25) is 4.79 Å². The van der Waals surface area contributed by atoms with Crippen LogP contribution in [0.5, 0.6) is 0 Å². The van der Waals surface area contributed by atoms with E-state index >= 15 is 0 Å². The average Bonchev–Trinajstić information content (AvgIpc) is 2.36. The van der Waals surface area contributed by atoms with Crippen LogP contribution in [-0.2, 0) is 9.53 Å². The lowest BCUT2D eigenvalue weighted by atomic mass is 9.78. The Morgan fingerprint density at radius 1 is 1.24 bits per heavy atom. The molecular formula is C14H28O3. The van der Waals surface area contributed by atoms with Crippen LogP contribution in [0.15, 0.2) is 0 Å². The zero-order valence-corrected chi connectivity index (χ0v) is 11.8. The van der Waals surface area contributed by atoms with Gasteiger partial charge in [0.2, 0.25) is 0 Å². The maximum absolute atomic E-state index is 11.8. The molecule has 0 spiro atoms. The minimum atomic E-state index is -0.891. The fraction of sp³-hybridized carbons (Fsp3) is 0.929. The van der Waals surface area contributed by atoms with E-state index in [-0.39, 0.29) is 11.9 Å². The lowest BCUT2D eigenvalue weighted by Gasteiger charge is -2.34. The van der Waals surface area contributed by atoms with Crippen LogP contribution >= 0.6 is 0 Å². The number of esters is 1. The molecular weight excluding hydrogens is 216 g/mol. The summed E-state index contributed by atoms with van der Waals surface area (Å²) in [6, 6.07) is 0. The summed E-state index contributed by atoms with van der Waals surface area (Å²) in [5.74, 6) is -0.636. The van der Waals surface area contributed by atoms with Crippen molar-refractivity contribution >= 4 is 5.97 Å². The highest BCUT2D eigenvalue weighted by Crippen LogP contribution is 2.32. The molecule has 0 aliphatic heterocycles. The van der Waals surface area contributed by atoms with E-state index in [0.29, 0.717) is 12.8 Å². The van der Waals surface area contributed by atoms with Gasteiger partial charge in [-0.25, -0.2) is 0 Å². The minimum absolute atomic E-state index is 0.265. The topological polar surface area (TPSA) is 46.5 Å². The zero-order valence-electron chi connectivity index (χ0n) is 11.8. The van der Waals surface area contributed by atoms with E-state index in [9.17, 15) is 9.90 Å². The Morgan fingerprint density at radius 2 is 1.82 bits per heavy atom. The molecule has 3 heteroatoms. The fourth-order valence-corrected chi connectivity index (χ4v) is 2.24. The van der Waals surface area contributed by atoms with Gasteiger partial charge >= 0.3 is 5.97 Å². The largest absolute Gasteiger partial charge is 0.469 e. The van der Waals surface area contributed by atoms with E-state index in [1.165, 1.54) is 7.11 Å². The monoisotopic (exact) mass is 244 g/mol. The highest BCUT2D eigenvalue weighted by Gasteiger charge is 2.39. The smallest absolute Gasteiger partial charge is 0.311 e. The summed E-state index contributed by atoms with van der Waals surface area (Å²) in [5.41, 5.74) is -0.891. The van der Waals surface area contributed by atoms with Crippen LogP contribution in [0, 0.1) is 5.92 Å². The molecule has 0 saturated carbocycles. The molecule has 0 aliphatic rings. The van der Waals surface area contributed by atoms with Crippen LogP contribution in [0.2, 0.25) is 0 Å².